The molecule has 0 spiro atoms. The van der Waals surface area contributed by atoms with E-state index < -0.39 is 0 Å². The Hall–Kier alpha value is -1.02. The maximum Gasteiger partial charge on any atom is 0.0828 e. The second-order valence-electron chi connectivity index (χ2n) is 2.09. The maximum absolute atomic E-state index is 4.11. The van der Waals surface area contributed by atoms with E-state index in [-0.39, 0.29) is 0 Å². The van der Waals surface area contributed by atoms with Gasteiger partial charge in [-0.2, -0.15) is 0 Å². The lowest BCUT2D eigenvalue weighted by molar-refractivity contribution is 1.28. The van der Waals surface area contributed by atoms with Crippen LogP contribution in [-0.2, 0) is 0 Å². The minimum Gasteiger partial charge on any atom is -0.255 e. The zero-order valence-corrected chi connectivity index (χ0v) is 7.01. The van der Waals surface area contributed by atoms with Crippen LogP contribution in [0.4, 0.5) is 0 Å². The monoisotopic (exact) mass is 163 g/mol. The van der Waals surface area contributed by atoms with Crippen molar-refractivity contribution >= 4 is 23.6 Å². The Morgan fingerprint density at radius 2 is 2.36 bits per heavy atom. The van der Waals surface area contributed by atoms with Gasteiger partial charge in [-0.1, -0.05) is 25.3 Å². The molecule has 0 amide bonds. The summed E-state index contributed by atoms with van der Waals surface area (Å²) < 4.78 is 0. The van der Waals surface area contributed by atoms with E-state index in [1.54, 1.807) is 12.3 Å². The van der Waals surface area contributed by atoms with Gasteiger partial charge in [-0.05, 0) is 6.07 Å². The zero-order valence-electron chi connectivity index (χ0n) is 6.12. The molecule has 0 aromatic carbocycles. The van der Waals surface area contributed by atoms with E-state index in [2.05, 4.69) is 30.8 Å². The predicted octanol–water partition coefficient (Wildman–Crippen LogP) is 2.63. The number of thiol groups is 1. The Labute approximate surface area is 71.9 Å². The SMILES string of the molecule is C=Cc1cccnc1C(=C)S. The summed E-state index contributed by atoms with van der Waals surface area (Å²) in [5.74, 6) is 0. The molecule has 0 radical (unpaired) electrons. The van der Waals surface area contributed by atoms with Crippen molar-refractivity contribution in [2.45, 2.75) is 0 Å². The highest BCUT2D eigenvalue weighted by molar-refractivity contribution is 7.90. The third kappa shape index (κ3) is 1.71. The van der Waals surface area contributed by atoms with E-state index in [9.17, 15) is 0 Å². The number of aromatic nitrogens is 1. The van der Waals surface area contributed by atoms with Crippen LogP contribution in [0, 0.1) is 0 Å². The summed E-state index contributed by atoms with van der Waals surface area (Å²) in [6.45, 7) is 7.35. The van der Waals surface area contributed by atoms with Gasteiger partial charge in [0.2, 0.25) is 0 Å². The Morgan fingerprint density at radius 1 is 1.64 bits per heavy atom. The molecule has 1 rings (SSSR count). The third-order valence-corrected chi connectivity index (χ3v) is 1.54. The number of pyridine rings is 1. The molecule has 0 fully saturated rings. The van der Waals surface area contributed by atoms with Crippen LogP contribution in [0.2, 0.25) is 0 Å². The van der Waals surface area contributed by atoms with Gasteiger partial charge in [0.05, 0.1) is 5.69 Å². The average Bonchev–Trinajstić information content (AvgIpc) is 2.04. The summed E-state index contributed by atoms with van der Waals surface area (Å²) in [6, 6.07) is 3.79. The van der Waals surface area contributed by atoms with Gasteiger partial charge in [0, 0.05) is 16.7 Å². The van der Waals surface area contributed by atoms with Crippen molar-refractivity contribution in [1.29, 1.82) is 0 Å². The molecule has 0 unspecified atom stereocenters. The van der Waals surface area contributed by atoms with Crippen LogP contribution in [0.5, 0.6) is 0 Å². The number of rotatable bonds is 2. The molecular formula is C9H9NS. The van der Waals surface area contributed by atoms with Crippen molar-refractivity contribution in [2.75, 3.05) is 0 Å². The fourth-order valence-corrected chi connectivity index (χ4v) is 1.01. The molecule has 0 N–H and O–H groups in total. The minimum absolute atomic E-state index is 0.667. The second-order valence-corrected chi connectivity index (χ2v) is 2.63. The van der Waals surface area contributed by atoms with Gasteiger partial charge in [-0.3, -0.25) is 4.98 Å². The standard InChI is InChI=1S/C9H9NS/c1-3-8-5-4-6-10-9(8)7(2)11/h3-6,11H,1-2H2. The number of hydrogen-bond acceptors (Lipinski definition) is 2. The average molecular weight is 163 g/mol. The summed E-state index contributed by atoms with van der Waals surface area (Å²) >= 11 is 4.11. The molecule has 11 heavy (non-hydrogen) atoms. The lowest BCUT2D eigenvalue weighted by Gasteiger charge is -2.00. The summed E-state index contributed by atoms with van der Waals surface area (Å²) in [4.78, 5) is 4.77. The molecule has 0 aliphatic carbocycles. The molecular weight excluding hydrogens is 154 g/mol. The molecule has 1 nitrogen and oxygen atoms in total. The van der Waals surface area contributed by atoms with Crippen LogP contribution in [0.1, 0.15) is 11.3 Å². The van der Waals surface area contributed by atoms with E-state index in [4.69, 9.17) is 0 Å². The topological polar surface area (TPSA) is 12.9 Å². The smallest absolute Gasteiger partial charge is 0.0828 e. The summed E-state index contributed by atoms with van der Waals surface area (Å²) in [7, 11) is 0. The third-order valence-electron chi connectivity index (χ3n) is 1.33. The summed E-state index contributed by atoms with van der Waals surface area (Å²) in [5.41, 5.74) is 1.76. The van der Waals surface area contributed by atoms with Gasteiger partial charge in [-0.25, -0.2) is 0 Å². The lowest BCUT2D eigenvalue weighted by atomic mass is 10.2. The van der Waals surface area contributed by atoms with Crippen LogP contribution >= 0.6 is 12.6 Å². The molecule has 1 aromatic heterocycles. The second kappa shape index (κ2) is 3.39. The van der Waals surface area contributed by atoms with Crippen molar-refractivity contribution in [2.24, 2.45) is 0 Å². The molecule has 1 aromatic rings. The highest BCUT2D eigenvalue weighted by Crippen LogP contribution is 2.17. The number of hydrogen-bond donors (Lipinski definition) is 1. The van der Waals surface area contributed by atoms with E-state index in [1.165, 1.54) is 0 Å². The minimum atomic E-state index is 0.667. The van der Waals surface area contributed by atoms with Crippen molar-refractivity contribution in [3.05, 3.63) is 42.7 Å². The van der Waals surface area contributed by atoms with Gasteiger partial charge >= 0.3 is 0 Å². The first-order valence-corrected chi connectivity index (χ1v) is 3.66. The van der Waals surface area contributed by atoms with Crippen LogP contribution in [0.15, 0.2) is 31.5 Å². The molecule has 0 aliphatic heterocycles. The molecule has 0 bridgehead atoms. The predicted molar refractivity (Wildman–Crippen MR) is 52.3 cm³/mol. The Balaban J connectivity index is 3.22. The van der Waals surface area contributed by atoms with Gasteiger partial charge in [-0.15, -0.1) is 12.6 Å². The normalized spacial score (nSPS) is 9.18. The molecule has 0 saturated heterocycles. The van der Waals surface area contributed by atoms with Crippen molar-refractivity contribution in [1.82, 2.24) is 4.98 Å². The molecule has 0 atom stereocenters. The highest BCUT2D eigenvalue weighted by atomic mass is 32.1. The Morgan fingerprint density at radius 3 is 2.82 bits per heavy atom. The molecule has 56 valence electrons. The quantitative estimate of drug-likeness (QED) is 0.661. The first-order valence-electron chi connectivity index (χ1n) is 3.21. The fourth-order valence-electron chi connectivity index (χ4n) is 0.824. The van der Waals surface area contributed by atoms with Gasteiger partial charge < -0.3 is 0 Å². The zero-order chi connectivity index (χ0) is 8.27. The molecule has 2 heteroatoms. The van der Waals surface area contributed by atoms with Crippen LogP contribution in [0.25, 0.3) is 11.0 Å². The van der Waals surface area contributed by atoms with E-state index in [0.717, 1.165) is 11.3 Å². The van der Waals surface area contributed by atoms with Gasteiger partial charge in [0.25, 0.3) is 0 Å². The lowest BCUT2D eigenvalue weighted by Crippen LogP contribution is -1.86. The maximum atomic E-state index is 4.11. The largest absolute Gasteiger partial charge is 0.255 e. The van der Waals surface area contributed by atoms with Crippen LogP contribution < -0.4 is 0 Å². The van der Waals surface area contributed by atoms with Crippen LogP contribution in [-0.4, -0.2) is 4.98 Å². The Kier molecular flexibility index (Phi) is 2.49. The number of nitrogens with zero attached hydrogens (tertiary/aromatic N) is 1. The fraction of sp³-hybridized carbons (Fsp3) is 0. The molecule has 0 aliphatic rings. The Bertz CT molecular complexity index is 291. The first-order chi connectivity index (χ1) is 5.25. The molecule has 1 heterocycles. The first kappa shape index (κ1) is 8.08. The van der Waals surface area contributed by atoms with Crippen molar-refractivity contribution in [3.8, 4) is 0 Å². The highest BCUT2D eigenvalue weighted by Gasteiger charge is 1.98. The summed E-state index contributed by atoms with van der Waals surface area (Å²) in [6.07, 6.45) is 3.45. The van der Waals surface area contributed by atoms with Crippen LogP contribution in [0.3, 0.4) is 0 Å². The van der Waals surface area contributed by atoms with Crippen molar-refractivity contribution in [3.63, 3.8) is 0 Å². The van der Waals surface area contributed by atoms with Gasteiger partial charge in [0.15, 0.2) is 0 Å². The summed E-state index contributed by atoms with van der Waals surface area (Å²) in [5, 5.41) is 0. The van der Waals surface area contributed by atoms with Crippen molar-refractivity contribution < 1.29 is 0 Å². The van der Waals surface area contributed by atoms with E-state index >= 15 is 0 Å². The molecule has 0 saturated carbocycles. The van der Waals surface area contributed by atoms with E-state index in [0.29, 0.717) is 4.91 Å². The van der Waals surface area contributed by atoms with E-state index in [1.807, 2.05) is 12.1 Å². The van der Waals surface area contributed by atoms with Gasteiger partial charge in [0.1, 0.15) is 0 Å².